The van der Waals surface area contributed by atoms with Crippen LogP contribution >= 0.6 is 0 Å². The third kappa shape index (κ3) is 8.16. The number of amides is 1. The van der Waals surface area contributed by atoms with Crippen LogP contribution in [0.15, 0.2) is 60.7 Å². The van der Waals surface area contributed by atoms with Crippen LogP contribution in [-0.4, -0.2) is 69.9 Å². The van der Waals surface area contributed by atoms with Crippen LogP contribution in [0.4, 0.5) is 0 Å². The van der Waals surface area contributed by atoms with Crippen LogP contribution in [-0.2, 0) is 41.6 Å². The average molecular weight is 584 g/mol. The zero-order valence-corrected chi connectivity index (χ0v) is 24.0. The SMILES string of the molecule is CC(C)C1CCC(C(=O)N[C@@H](Cc2ccccc2)C(=O)O[C@@H]2O[C@@H](C(=O)OCc3ccccc3)[C@@H](O)[C@@H](O)[C@@H]2O)CC1. The molecule has 1 heterocycles. The first kappa shape index (κ1) is 31.6. The van der Waals surface area contributed by atoms with Gasteiger partial charge in [-0.1, -0.05) is 74.5 Å². The number of ether oxygens (including phenoxy) is 3. The highest BCUT2D eigenvalue weighted by atomic mass is 16.7. The molecule has 4 N–H and O–H groups in total. The van der Waals surface area contributed by atoms with Gasteiger partial charge in [-0.15, -0.1) is 0 Å². The van der Waals surface area contributed by atoms with E-state index in [2.05, 4.69) is 19.2 Å². The largest absolute Gasteiger partial charge is 0.459 e. The number of nitrogens with one attached hydrogen (secondary N) is 1. The van der Waals surface area contributed by atoms with Crippen LogP contribution in [0.3, 0.4) is 0 Å². The number of carbonyl (C=O) groups is 3. The lowest BCUT2D eigenvalue weighted by Gasteiger charge is -2.39. The fourth-order valence-corrected chi connectivity index (χ4v) is 5.53. The van der Waals surface area contributed by atoms with Gasteiger partial charge in [0.2, 0.25) is 12.2 Å². The predicted molar refractivity (Wildman–Crippen MR) is 151 cm³/mol. The van der Waals surface area contributed by atoms with Crippen molar-refractivity contribution >= 4 is 17.8 Å². The van der Waals surface area contributed by atoms with E-state index < -0.39 is 48.7 Å². The molecule has 0 unspecified atom stereocenters. The fraction of sp³-hybridized carbons (Fsp3) is 0.531. The number of carbonyl (C=O) groups excluding carboxylic acids is 3. The standard InChI is InChI=1S/C32H41NO9/c1-19(2)22-13-15-23(16-14-22)29(37)33-24(17-20-9-5-3-6-10-20)30(38)42-32-27(36)25(34)26(35)28(41-32)31(39)40-18-21-11-7-4-8-12-21/h3-12,19,22-28,32,34-36H,13-18H2,1-2H3,(H,33,37)/t22?,23?,24-,25+,26-,27-,28+,32-/m0/s1. The predicted octanol–water partition coefficient (Wildman–Crippen LogP) is 2.27. The third-order valence-corrected chi connectivity index (χ3v) is 8.23. The molecule has 10 heteroatoms. The maximum absolute atomic E-state index is 13.4. The van der Waals surface area contributed by atoms with Crippen molar-refractivity contribution in [1.29, 1.82) is 0 Å². The Balaban J connectivity index is 1.43. The quantitative estimate of drug-likeness (QED) is 0.309. The van der Waals surface area contributed by atoms with Crippen LogP contribution < -0.4 is 5.32 Å². The molecule has 4 rings (SSSR count). The van der Waals surface area contributed by atoms with Crippen LogP contribution in [0.25, 0.3) is 0 Å². The summed E-state index contributed by atoms with van der Waals surface area (Å²) in [5, 5.41) is 34.2. The molecule has 1 amide bonds. The topological polar surface area (TPSA) is 152 Å². The van der Waals surface area contributed by atoms with Crippen molar-refractivity contribution in [2.24, 2.45) is 17.8 Å². The van der Waals surface area contributed by atoms with Gasteiger partial charge in [0.15, 0.2) is 6.10 Å². The van der Waals surface area contributed by atoms with E-state index in [1.54, 1.807) is 30.3 Å². The Labute approximate surface area is 246 Å². The van der Waals surface area contributed by atoms with E-state index >= 15 is 0 Å². The van der Waals surface area contributed by atoms with Crippen molar-refractivity contribution in [3.8, 4) is 0 Å². The summed E-state index contributed by atoms with van der Waals surface area (Å²) in [5.41, 5.74) is 1.46. The third-order valence-electron chi connectivity index (χ3n) is 8.23. The summed E-state index contributed by atoms with van der Waals surface area (Å²) in [6, 6.07) is 16.8. The van der Waals surface area contributed by atoms with Gasteiger partial charge in [0.05, 0.1) is 0 Å². The molecule has 0 spiro atoms. The lowest BCUT2D eigenvalue weighted by molar-refractivity contribution is -0.288. The van der Waals surface area contributed by atoms with Crippen molar-refractivity contribution in [1.82, 2.24) is 5.32 Å². The smallest absolute Gasteiger partial charge is 0.338 e. The summed E-state index contributed by atoms with van der Waals surface area (Å²) in [6.07, 6.45) is -5.59. The molecular weight excluding hydrogens is 542 g/mol. The maximum Gasteiger partial charge on any atom is 0.338 e. The lowest BCUT2D eigenvalue weighted by atomic mass is 9.76. The van der Waals surface area contributed by atoms with Crippen molar-refractivity contribution in [2.75, 3.05) is 0 Å². The molecule has 1 saturated carbocycles. The molecule has 0 radical (unpaired) electrons. The zero-order chi connectivity index (χ0) is 30.2. The van der Waals surface area contributed by atoms with Gasteiger partial charge in [0.1, 0.15) is 31.0 Å². The lowest BCUT2D eigenvalue weighted by Crippen LogP contribution is -2.61. The second-order valence-corrected chi connectivity index (χ2v) is 11.5. The second kappa shape index (κ2) is 14.7. The highest BCUT2D eigenvalue weighted by Gasteiger charge is 2.49. The molecular formula is C32H41NO9. The molecule has 1 aliphatic carbocycles. The number of hydrogen-bond donors (Lipinski definition) is 4. The van der Waals surface area contributed by atoms with Crippen LogP contribution in [0.1, 0.15) is 50.7 Å². The maximum atomic E-state index is 13.4. The number of rotatable bonds is 10. The van der Waals surface area contributed by atoms with E-state index in [9.17, 15) is 29.7 Å². The minimum atomic E-state index is -1.86. The summed E-state index contributed by atoms with van der Waals surface area (Å²) in [4.78, 5) is 39.4. The van der Waals surface area contributed by atoms with Gasteiger partial charge in [-0.25, -0.2) is 9.59 Å². The second-order valence-electron chi connectivity index (χ2n) is 11.5. The molecule has 228 valence electrons. The first-order valence-electron chi connectivity index (χ1n) is 14.6. The summed E-state index contributed by atoms with van der Waals surface area (Å²) in [7, 11) is 0. The number of hydrogen-bond acceptors (Lipinski definition) is 9. The van der Waals surface area contributed by atoms with Gasteiger partial charge < -0.3 is 34.8 Å². The monoisotopic (exact) mass is 583 g/mol. The van der Waals surface area contributed by atoms with Gasteiger partial charge >= 0.3 is 11.9 Å². The molecule has 1 saturated heterocycles. The van der Waals surface area contributed by atoms with Gasteiger partial charge in [0.25, 0.3) is 0 Å². The normalized spacial score (nSPS) is 28.5. The van der Waals surface area contributed by atoms with Crippen molar-refractivity contribution < 1.29 is 43.9 Å². The Morgan fingerprint density at radius 2 is 1.45 bits per heavy atom. The van der Waals surface area contributed by atoms with Gasteiger partial charge in [-0.05, 0) is 48.6 Å². The van der Waals surface area contributed by atoms with E-state index in [-0.39, 0.29) is 24.9 Å². The molecule has 6 atom stereocenters. The van der Waals surface area contributed by atoms with Crippen molar-refractivity contribution in [2.45, 2.75) is 89.3 Å². The number of aliphatic hydroxyl groups is 3. The highest BCUT2D eigenvalue weighted by Crippen LogP contribution is 2.33. The average Bonchev–Trinajstić information content (AvgIpc) is 3.00. The molecule has 2 aromatic rings. The Kier molecular flexibility index (Phi) is 11.1. The minimum absolute atomic E-state index is 0.111. The molecule has 2 aromatic carbocycles. The van der Waals surface area contributed by atoms with E-state index in [4.69, 9.17) is 14.2 Å². The Morgan fingerprint density at radius 1 is 0.857 bits per heavy atom. The summed E-state index contributed by atoms with van der Waals surface area (Å²) >= 11 is 0. The van der Waals surface area contributed by atoms with Crippen LogP contribution in [0, 0.1) is 17.8 Å². The highest BCUT2D eigenvalue weighted by molar-refractivity contribution is 5.86. The number of benzene rings is 2. The zero-order valence-electron chi connectivity index (χ0n) is 24.0. The molecule has 0 aromatic heterocycles. The molecule has 10 nitrogen and oxygen atoms in total. The Hall–Kier alpha value is -3.31. The molecule has 0 bridgehead atoms. The van der Waals surface area contributed by atoms with Gasteiger partial charge in [-0.3, -0.25) is 4.79 Å². The fourth-order valence-electron chi connectivity index (χ4n) is 5.53. The summed E-state index contributed by atoms with van der Waals surface area (Å²) in [6.45, 7) is 4.25. The molecule has 1 aliphatic heterocycles. The van der Waals surface area contributed by atoms with Crippen LogP contribution in [0.5, 0.6) is 0 Å². The van der Waals surface area contributed by atoms with Crippen molar-refractivity contribution in [3.63, 3.8) is 0 Å². The molecule has 2 aliphatic rings. The van der Waals surface area contributed by atoms with E-state index in [0.717, 1.165) is 31.2 Å². The molecule has 42 heavy (non-hydrogen) atoms. The van der Waals surface area contributed by atoms with E-state index in [1.807, 2.05) is 30.3 Å². The van der Waals surface area contributed by atoms with Crippen LogP contribution in [0.2, 0.25) is 0 Å². The molecule has 2 fully saturated rings. The summed E-state index contributed by atoms with van der Waals surface area (Å²) < 4.78 is 16.1. The van der Waals surface area contributed by atoms with E-state index in [0.29, 0.717) is 17.4 Å². The summed E-state index contributed by atoms with van der Waals surface area (Å²) in [5.74, 6) is -1.28. The first-order valence-corrected chi connectivity index (χ1v) is 14.6. The first-order chi connectivity index (χ1) is 20.1. The Bertz CT molecular complexity index is 1170. The van der Waals surface area contributed by atoms with Gasteiger partial charge in [0, 0.05) is 12.3 Å². The number of esters is 2. The Morgan fingerprint density at radius 3 is 2.05 bits per heavy atom. The minimum Gasteiger partial charge on any atom is -0.459 e. The number of aliphatic hydroxyl groups excluding tert-OH is 3. The van der Waals surface area contributed by atoms with Gasteiger partial charge in [-0.2, -0.15) is 0 Å². The van der Waals surface area contributed by atoms with Crippen molar-refractivity contribution in [3.05, 3.63) is 71.8 Å². The van der Waals surface area contributed by atoms with E-state index in [1.165, 1.54) is 0 Å².